The number of nitrogens with one attached hydrogen (secondary N) is 1. The van der Waals surface area contributed by atoms with Crippen molar-refractivity contribution in [2.24, 2.45) is 7.05 Å². The molecule has 0 atom stereocenters. The van der Waals surface area contributed by atoms with Gasteiger partial charge < -0.3 is 9.88 Å². The number of rotatable bonds is 5. The number of nitrogens with zero attached hydrogens (tertiary/aromatic N) is 5. The number of carbonyl (C=O) groups excluding carboxylic acids is 1. The predicted octanol–water partition coefficient (Wildman–Crippen LogP) is 4.13. The van der Waals surface area contributed by atoms with Gasteiger partial charge in [0.05, 0.1) is 29.7 Å². The molecule has 0 bridgehead atoms. The summed E-state index contributed by atoms with van der Waals surface area (Å²) in [4.78, 5) is 21.6. The SMILES string of the molecule is Cn1cc(-c2ncncc2C(=O)Nc2cnn(Cc3ccccc3)c2)c2ccccc21. The fraction of sp³-hybridized carbons (Fsp3) is 0.0833. The van der Waals surface area contributed by atoms with Gasteiger partial charge in [0.1, 0.15) is 6.33 Å². The van der Waals surface area contributed by atoms with E-state index in [2.05, 4.69) is 20.4 Å². The van der Waals surface area contributed by atoms with Crippen LogP contribution in [-0.2, 0) is 13.6 Å². The number of fused-ring (bicyclic) bond motifs is 1. The van der Waals surface area contributed by atoms with Crippen molar-refractivity contribution in [3.8, 4) is 11.3 Å². The Morgan fingerprint density at radius 1 is 1.00 bits per heavy atom. The van der Waals surface area contributed by atoms with Gasteiger partial charge in [0, 0.05) is 42.1 Å². The molecule has 7 nitrogen and oxygen atoms in total. The van der Waals surface area contributed by atoms with E-state index in [-0.39, 0.29) is 5.91 Å². The zero-order valence-corrected chi connectivity index (χ0v) is 16.9. The number of hydrogen-bond acceptors (Lipinski definition) is 4. The number of benzene rings is 2. The van der Waals surface area contributed by atoms with Crippen LogP contribution in [0.2, 0.25) is 0 Å². The molecular weight excluding hydrogens is 388 g/mol. The summed E-state index contributed by atoms with van der Waals surface area (Å²) in [7, 11) is 1.98. The molecule has 2 aromatic carbocycles. The number of aryl methyl sites for hydroxylation is 1. The zero-order chi connectivity index (χ0) is 21.2. The molecule has 0 aliphatic carbocycles. The van der Waals surface area contributed by atoms with Crippen LogP contribution in [0, 0.1) is 0 Å². The van der Waals surface area contributed by atoms with E-state index in [0.717, 1.165) is 22.0 Å². The molecule has 0 saturated heterocycles. The lowest BCUT2D eigenvalue weighted by Crippen LogP contribution is -2.14. The van der Waals surface area contributed by atoms with E-state index in [1.165, 1.54) is 6.33 Å². The zero-order valence-electron chi connectivity index (χ0n) is 16.9. The lowest BCUT2D eigenvalue weighted by Gasteiger charge is -2.07. The number of carbonyl (C=O) groups is 1. The molecule has 0 aliphatic rings. The first-order valence-electron chi connectivity index (χ1n) is 9.91. The Hall–Kier alpha value is -4.26. The Morgan fingerprint density at radius 3 is 2.68 bits per heavy atom. The van der Waals surface area contributed by atoms with Crippen LogP contribution in [0.5, 0.6) is 0 Å². The van der Waals surface area contributed by atoms with Crippen LogP contribution in [0.3, 0.4) is 0 Å². The normalized spacial score (nSPS) is 11.0. The Labute approximate surface area is 179 Å². The number of anilines is 1. The highest BCUT2D eigenvalue weighted by atomic mass is 16.1. The van der Waals surface area contributed by atoms with Crippen molar-refractivity contribution in [2.45, 2.75) is 6.54 Å². The van der Waals surface area contributed by atoms with Crippen LogP contribution in [-0.4, -0.2) is 30.2 Å². The first kappa shape index (κ1) is 18.7. The summed E-state index contributed by atoms with van der Waals surface area (Å²) in [6.07, 6.45) is 8.45. The van der Waals surface area contributed by atoms with E-state index in [4.69, 9.17) is 0 Å². The third-order valence-electron chi connectivity index (χ3n) is 5.19. The summed E-state index contributed by atoms with van der Waals surface area (Å²) >= 11 is 0. The van der Waals surface area contributed by atoms with Crippen LogP contribution in [0.25, 0.3) is 22.2 Å². The molecule has 152 valence electrons. The predicted molar refractivity (Wildman–Crippen MR) is 120 cm³/mol. The summed E-state index contributed by atoms with van der Waals surface area (Å²) in [6.45, 7) is 0.631. The van der Waals surface area contributed by atoms with Crippen molar-refractivity contribution in [3.63, 3.8) is 0 Å². The highest BCUT2D eigenvalue weighted by molar-refractivity contribution is 6.10. The first-order valence-corrected chi connectivity index (χ1v) is 9.91. The van der Waals surface area contributed by atoms with Gasteiger partial charge in [-0.15, -0.1) is 0 Å². The minimum Gasteiger partial charge on any atom is -0.350 e. The van der Waals surface area contributed by atoms with Gasteiger partial charge >= 0.3 is 0 Å². The minimum absolute atomic E-state index is 0.275. The van der Waals surface area contributed by atoms with Crippen LogP contribution in [0.15, 0.2) is 85.7 Å². The average molecular weight is 408 g/mol. The fourth-order valence-electron chi connectivity index (χ4n) is 3.72. The summed E-state index contributed by atoms with van der Waals surface area (Å²) in [6, 6.07) is 18.1. The van der Waals surface area contributed by atoms with Crippen molar-refractivity contribution in [3.05, 3.63) is 96.8 Å². The van der Waals surface area contributed by atoms with E-state index in [9.17, 15) is 4.79 Å². The van der Waals surface area contributed by atoms with Crippen molar-refractivity contribution in [1.29, 1.82) is 0 Å². The molecule has 0 spiro atoms. The average Bonchev–Trinajstić information content (AvgIpc) is 3.38. The molecule has 0 radical (unpaired) electrons. The molecule has 0 fully saturated rings. The minimum atomic E-state index is -0.275. The summed E-state index contributed by atoms with van der Waals surface area (Å²) in [5, 5.41) is 8.31. The van der Waals surface area contributed by atoms with E-state index in [1.54, 1.807) is 17.1 Å². The fourth-order valence-corrected chi connectivity index (χ4v) is 3.72. The number of para-hydroxylation sites is 1. The van der Waals surface area contributed by atoms with Crippen LogP contribution in [0.4, 0.5) is 5.69 Å². The van der Waals surface area contributed by atoms with Crippen LogP contribution in [0.1, 0.15) is 15.9 Å². The van der Waals surface area contributed by atoms with Gasteiger partial charge in [-0.05, 0) is 11.6 Å². The molecular formula is C24H20N6O. The summed E-state index contributed by atoms with van der Waals surface area (Å²) in [5.41, 5.74) is 4.73. The van der Waals surface area contributed by atoms with Gasteiger partial charge in [0.2, 0.25) is 0 Å². The Morgan fingerprint density at radius 2 is 1.81 bits per heavy atom. The molecule has 3 heterocycles. The maximum absolute atomic E-state index is 13.1. The van der Waals surface area contributed by atoms with Crippen LogP contribution >= 0.6 is 0 Å². The van der Waals surface area contributed by atoms with Gasteiger partial charge in [-0.25, -0.2) is 9.97 Å². The third-order valence-corrected chi connectivity index (χ3v) is 5.19. The molecule has 5 aromatic rings. The number of amides is 1. The molecule has 5 rings (SSSR count). The van der Waals surface area contributed by atoms with E-state index in [1.807, 2.05) is 78.6 Å². The van der Waals surface area contributed by atoms with Crippen LogP contribution < -0.4 is 5.32 Å². The van der Waals surface area contributed by atoms with Gasteiger partial charge in [-0.1, -0.05) is 48.5 Å². The molecule has 31 heavy (non-hydrogen) atoms. The molecule has 0 unspecified atom stereocenters. The Kier molecular flexibility index (Phi) is 4.76. The number of aromatic nitrogens is 5. The van der Waals surface area contributed by atoms with E-state index >= 15 is 0 Å². The summed E-state index contributed by atoms with van der Waals surface area (Å²) in [5.74, 6) is -0.275. The standard InChI is InChI=1S/C24H20N6O/c1-29-15-21(19-9-5-6-10-22(19)29)23-20(12-25-16-26-23)24(31)28-18-11-27-30(14-18)13-17-7-3-2-4-8-17/h2-12,14-16H,13H2,1H3,(H,28,31). The van der Waals surface area contributed by atoms with Gasteiger partial charge in [0.25, 0.3) is 5.91 Å². The van der Waals surface area contributed by atoms with Crippen molar-refractivity contribution < 1.29 is 4.79 Å². The highest BCUT2D eigenvalue weighted by Crippen LogP contribution is 2.30. The largest absolute Gasteiger partial charge is 0.350 e. The third kappa shape index (κ3) is 3.69. The van der Waals surface area contributed by atoms with Gasteiger partial charge in [-0.3, -0.25) is 9.48 Å². The molecule has 3 aromatic heterocycles. The maximum Gasteiger partial charge on any atom is 0.259 e. The highest BCUT2D eigenvalue weighted by Gasteiger charge is 2.19. The molecule has 0 saturated carbocycles. The quantitative estimate of drug-likeness (QED) is 0.474. The Bertz CT molecular complexity index is 1370. The first-order chi connectivity index (χ1) is 15.2. The topological polar surface area (TPSA) is 77.6 Å². The molecule has 7 heteroatoms. The molecule has 1 amide bonds. The van der Waals surface area contributed by atoms with E-state index in [0.29, 0.717) is 23.5 Å². The van der Waals surface area contributed by atoms with E-state index < -0.39 is 0 Å². The summed E-state index contributed by atoms with van der Waals surface area (Å²) < 4.78 is 3.82. The monoisotopic (exact) mass is 408 g/mol. The van der Waals surface area contributed by atoms with Crippen molar-refractivity contribution >= 4 is 22.5 Å². The number of hydrogen-bond donors (Lipinski definition) is 1. The van der Waals surface area contributed by atoms with Crippen molar-refractivity contribution in [1.82, 2.24) is 24.3 Å². The van der Waals surface area contributed by atoms with Gasteiger partial charge in [0.15, 0.2) is 0 Å². The van der Waals surface area contributed by atoms with Crippen molar-refractivity contribution in [2.75, 3.05) is 5.32 Å². The lowest BCUT2D eigenvalue weighted by atomic mass is 10.1. The molecule has 0 aliphatic heterocycles. The van der Waals surface area contributed by atoms with Gasteiger partial charge in [-0.2, -0.15) is 5.10 Å². The second-order valence-corrected chi connectivity index (χ2v) is 7.32. The smallest absolute Gasteiger partial charge is 0.259 e. The maximum atomic E-state index is 13.1. The Balaban J connectivity index is 1.42. The second-order valence-electron chi connectivity index (χ2n) is 7.32. The second kappa shape index (κ2) is 7.87. The molecule has 1 N–H and O–H groups in total. The lowest BCUT2D eigenvalue weighted by molar-refractivity contribution is 0.102.